The summed E-state index contributed by atoms with van der Waals surface area (Å²) in [7, 11) is 1.62. The molecular formula is C16H18BrFN2O. The van der Waals surface area contributed by atoms with Gasteiger partial charge in [-0.15, -0.1) is 0 Å². The van der Waals surface area contributed by atoms with Crippen LogP contribution < -0.4 is 11.3 Å². The molecule has 0 aliphatic carbocycles. The summed E-state index contributed by atoms with van der Waals surface area (Å²) >= 11 is 3.36. The number of hydrazine groups is 1. The maximum atomic E-state index is 13.9. The first-order valence-electron chi connectivity index (χ1n) is 6.63. The number of methoxy groups -OCH3 is 1. The topological polar surface area (TPSA) is 47.3 Å². The van der Waals surface area contributed by atoms with Crippen molar-refractivity contribution in [2.24, 2.45) is 5.84 Å². The number of halogens is 2. The maximum Gasteiger partial charge on any atom is 0.126 e. The van der Waals surface area contributed by atoms with Crippen molar-refractivity contribution in [1.82, 2.24) is 5.43 Å². The van der Waals surface area contributed by atoms with Gasteiger partial charge >= 0.3 is 0 Å². The summed E-state index contributed by atoms with van der Waals surface area (Å²) in [5.74, 6) is 5.41. The number of hydrogen-bond acceptors (Lipinski definition) is 3. The van der Waals surface area contributed by atoms with Crippen molar-refractivity contribution in [3.05, 3.63) is 69.9 Å². The highest BCUT2D eigenvalue weighted by molar-refractivity contribution is 9.10. The van der Waals surface area contributed by atoms with E-state index in [1.807, 2.05) is 30.3 Å². The van der Waals surface area contributed by atoms with E-state index in [1.54, 1.807) is 19.2 Å². The standard InChI is InChI=1S/C16H18BrFN2O/c1-21-16(11-5-3-2-4-6-11)15(20-19)10-12-9-13(17)7-8-14(12)18/h2-9,15-16,20H,10,19H2,1H3. The van der Waals surface area contributed by atoms with Gasteiger partial charge in [0.1, 0.15) is 5.82 Å². The Balaban J connectivity index is 2.24. The second-order valence-electron chi connectivity index (χ2n) is 4.78. The van der Waals surface area contributed by atoms with Gasteiger partial charge in [0.05, 0.1) is 12.1 Å². The van der Waals surface area contributed by atoms with Crippen molar-refractivity contribution in [3.8, 4) is 0 Å². The van der Waals surface area contributed by atoms with Crippen molar-refractivity contribution in [1.29, 1.82) is 0 Å². The van der Waals surface area contributed by atoms with Gasteiger partial charge in [0.15, 0.2) is 0 Å². The van der Waals surface area contributed by atoms with Crippen LogP contribution in [0.1, 0.15) is 17.2 Å². The maximum absolute atomic E-state index is 13.9. The zero-order valence-electron chi connectivity index (χ0n) is 11.7. The molecule has 0 amide bonds. The van der Waals surface area contributed by atoms with Gasteiger partial charge in [-0.05, 0) is 35.7 Å². The Morgan fingerprint density at radius 3 is 2.57 bits per heavy atom. The van der Waals surface area contributed by atoms with Crippen LogP contribution in [-0.2, 0) is 11.2 Å². The number of hydrogen-bond donors (Lipinski definition) is 2. The van der Waals surface area contributed by atoms with Crippen LogP contribution in [0.15, 0.2) is 53.0 Å². The van der Waals surface area contributed by atoms with Crippen molar-refractivity contribution < 1.29 is 9.13 Å². The first kappa shape index (κ1) is 16.1. The van der Waals surface area contributed by atoms with Crippen LogP contribution >= 0.6 is 15.9 Å². The lowest BCUT2D eigenvalue weighted by Gasteiger charge is -2.26. The number of rotatable bonds is 6. The highest BCUT2D eigenvalue weighted by atomic mass is 79.9. The van der Waals surface area contributed by atoms with E-state index in [1.165, 1.54) is 6.07 Å². The van der Waals surface area contributed by atoms with E-state index in [0.29, 0.717) is 12.0 Å². The SMILES string of the molecule is COC(c1ccccc1)C(Cc1cc(Br)ccc1F)NN. The molecule has 2 atom stereocenters. The molecule has 0 saturated heterocycles. The molecule has 0 aliphatic heterocycles. The molecule has 0 radical (unpaired) electrons. The zero-order valence-corrected chi connectivity index (χ0v) is 13.3. The van der Waals surface area contributed by atoms with Gasteiger partial charge < -0.3 is 4.74 Å². The Labute approximate surface area is 132 Å². The van der Waals surface area contributed by atoms with Crippen LogP contribution in [0.4, 0.5) is 4.39 Å². The molecule has 2 aromatic rings. The van der Waals surface area contributed by atoms with E-state index >= 15 is 0 Å². The highest BCUT2D eigenvalue weighted by Gasteiger charge is 2.23. The predicted molar refractivity (Wildman–Crippen MR) is 85.1 cm³/mol. The minimum absolute atomic E-state index is 0.235. The molecule has 0 saturated carbocycles. The molecule has 112 valence electrons. The van der Waals surface area contributed by atoms with E-state index < -0.39 is 0 Å². The van der Waals surface area contributed by atoms with Crippen LogP contribution in [0.25, 0.3) is 0 Å². The van der Waals surface area contributed by atoms with Gasteiger partial charge in [0, 0.05) is 11.6 Å². The highest BCUT2D eigenvalue weighted by Crippen LogP contribution is 2.25. The minimum atomic E-state index is -0.255. The third-order valence-electron chi connectivity index (χ3n) is 3.41. The van der Waals surface area contributed by atoms with Gasteiger partial charge in [-0.2, -0.15) is 0 Å². The molecule has 0 heterocycles. The van der Waals surface area contributed by atoms with E-state index in [0.717, 1.165) is 10.0 Å². The smallest absolute Gasteiger partial charge is 0.126 e. The first-order valence-corrected chi connectivity index (χ1v) is 7.42. The molecule has 0 aliphatic rings. The molecular weight excluding hydrogens is 335 g/mol. The summed E-state index contributed by atoms with van der Waals surface area (Å²) in [6.07, 6.45) is 0.171. The lowest BCUT2D eigenvalue weighted by Crippen LogP contribution is -2.42. The average molecular weight is 353 g/mol. The van der Waals surface area contributed by atoms with Crippen molar-refractivity contribution in [2.75, 3.05) is 7.11 Å². The summed E-state index contributed by atoms with van der Waals surface area (Å²) < 4.78 is 20.3. The Hall–Kier alpha value is -1.27. The summed E-state index contributed by atoms with van der Waals surface area (Å²) in [6, 6.07) is 14.4. The van der Waals surface area contributed by atoms with Crippen molar-refractivity contribution >= 4 is 15.9 Å². The van der Waals surface area contributed by atoms with E-state index in [9.17, 15) is 4.39 Å². The Morgan fingerprint density at radius 1 is 1.24 bits per heavy atom. The van der Waals surface area contributed by atoms with Crippen LogP contribution in [0, 0.1) is 5.82 Å². The summed E-state index contributed by atoms with van der Waals surface area (Å²) in [6.45, 7) is 0. The van der Waals surface area contributed by atoms with Gasteiger partial charge in [0.25, 0.3) is 0 Å². The van der Waals surface area contributed by atoms with E-state index in [4.69, 9.17) is 10.6 Å². The van der Waals surface area contributed by atoms with Gasteiger partial charge in [-0.25, -0.2) is 4.39 Å². The van der Waals surface area contributed by atoms with E-state index in [-0.39, 0.29) is 18.0 Å². The third-order valence-corrected chi connectivity index (χ3v) is 3.90. The first-order chi connectivity index (χ1) is 10.2. The Morgan fingerprint density at radius 2 is 1.95 bits per heavy atom. The fourth-order valence-electron chi connectivity index (χ4n) is 2.37. The molecule has 5 heteroatoms. The molecule has 0 spiro atoms. The molecule has 2 aromatic carbocycles. The Kier molecular flexibility index (Phi) is 5.87. The largest absolute Gasteiger partial charge is 0.375 e. The molecule has 0 aromatic heterocycles. The molecule has 0 bridgehead atoms. The fourth-order valence-corrected chi connectivity index (χ4v) is 2.77. The zero-order chi connectivity index (χ0) is 15.2. The number of nitrogens with two attached hydrogens (primary N) is 1. The second kappa shape index (κ2) is 7.66. The third kappa shape index (κ3) is 4.11. The van der Waals surface area contributed by atoms with Gasteiger partial charge in [-0.1, -0.05) is 46.3 Å². The van der Waals surface area contributed by atoms with Crippen molar-refractivity contribution in [2.45, 2.75) is 18.6 Å². The molecule has 21 heavy (non-hydrogen) atoms. The van der Waals surface area contributed by atoms with Crippen LogP contribution in [-0.4, -0.2) is 13.2 Å². The average Bonchev–Trinajstić information content (AvgIpc) is 2.51. The summed E-state index contributed by atoms with van der Waals surface area (Å²) in [4.78, 5) is 0. The monoisotopic (exact) mass is 352 g/mol. The van der Waals surface area contributed by atoms with Crippen LogP contribution in [0.3, 0.4) is 0 Å². The summed E-state index contributed by atoms with van der Waals surface area (Å²) in [5, 5.41) is 0. The second-order valence-corrected chi connectivity index (χ2v) is 5.70. The number of benzene rings is 2. The summed E-state index contributed by atoms with van der Waals surface area (Å²) in [5.41, 5.74) is 4.33. The Bertz CT molecular complexity index is 580. The van der Waals surface area contributed by atoms with Gasteiger partial charge in [0.2, 0.25) is 0 Å². The molecule has 3 N–H and O–H groups in total. The molecule has 2 rings (SSSR count). The molecule has 0 fully saturated rings. The number of ether oxygens (including phenoxy) is 1. The lowest BCUT2D eigenvalue weighted by atomic mass is 9.96. The fraction of sp³-hybridized carbons (Fsp3) is 0.250. The quantitative estimate of drug-likeness (QED) is 0.619. The van der Waals surface area contributed by atoms with Crippen LogP contribution in [0.5, 0.6) is 0 Å². The lowest BCUT2D eigenvalue weighted by molar-refractivity contribution is 0.0676. The number of nitrogens with one attached hydrogen (secondary N) is 1. The van der Waals surface area contributed by atoms with Crippen molar-refractivity contribution in [3.63, 3.8) is 0 Å². The van der Waals surface area contributed by atoms with E-state index in [2.05, 4.69) is 21.4 Å². The van der Waals surface area contributed by atoms with Crippen LogP contribution in [0.2, 0.25) is 0 Å². The minimum Gasteiger partial charge on any atom is -0.375 e. The molecule has 2 unspecified atom stereocenters. The molecule has 3 nitrogen and oxygen atoms in total. The normalized spacial score (nSPS) is 13.9. The van der Waals surface area contributed by atoms with Gasteiger partial charge in [-0.3, -0.25) is 11.3 Å². The predicted octanol–water partition coefficient (Wildman–Crippen LogP) is 3.35.